The molecule has 1 aliphatic rings. The lowest BCUT2D eigenvalue weighted by Crippen LogP contribution is -2.48. The molecule has 2 heteroatoms. The number of nitrogens with zero attached hydrogens (tertiary/aromatic N) is 1. The van der Waals surface area contributed by atoms with Crippen molar-refractivity contribution < 1.29 is 0 Å². The summed E-state index contributed by atoms with van der Waals surface area (Å²) in [5.74, 6) is 0.715. The second-order valence-corrected chi connectivity index (χ2v) is 6.73. The molecule has 1 aliphatic heterocycles. The minimum Gasteiger partial charge on any atom is -0.371 e. The predicted molar refractivity (Wildman–Crippen MR) is 83.9 cm³/mol. The van der Waals surface area contributed by atoms with Crippen molar-refractivity contribution in [1.29, 1.82) is 0 Å². The molecule has 0 spiro atoms. The quantitative estimate of drug-likeness (QED) is 0.896. The van der Waals surface area contributed by atoms with Gasteiger partial charge in [0.2, 0.25) is 0 Å². The number of hydrogen-bond donors (Lipinski definition) is 1. The van der Waals surface area contributed by atoms with Crippen LogP contribution in [0.5, 0.6) is 0 Å². The van der Waals surface area contributed by atoms with Crippen molar-refractivity contribution in [2.45, 2.75) is 34.1 Å². The standard InChI is InChI=1S/C17H28N2/c1-13-6-7-16(14(2)10-13)19-9-8-17(3,4)15(12-19)11-18-5/h6-7,10,15,18H,8-9,11-12H2,1-5H3. The van der Waals surface area contributed by atoms with Gasteiger partial charge in [0.15, 0.2) is 0 Å². The van der Waals surface area contributed by atoms with Gasteiger partial charge in [-0.1, -0.05) is 31.5 Å². The molecule has 2 rings (SSSR count). The lowest BCUT2D eigenvalue weighted by atomic mass is 9.73. The number of nitrogens with one attached hydrogen (secondary N) is 1. The van der Waals surface area contributed by atoms with Crippen LogP contribution >= 0.6 is 0 Å². The molecule has 1 saturated heterocycles. The van der Waals surface area contributed by atoms with Gasteiger partial charge in [-0.05, 0) is 56.8 Å². The van der Waals surface area contributed by atoms with Crippen LogP contribution in [0, 0.1) is 25.2 Å². The van der Waals surface area contributed by atoms with Crippen LogP contribution in [-0.4, -0.2) is 26.7 Å². The van der Waals surface area contributed by atoms with Crippen molar-refractivity contribution in [3.05, 3.63) is 29.3 Å². The van der Waals surface area contributed by atoms with Crippen LogP contribution in [0.3, 0.4) is 0 Å². The van der Waals surface area contributed by atoms with Gasteiger partial charge in [0.1, 0.15) is 0 Å². The van der Waals surface area contributed by atoms with Crippen LogP contribution < -0.4 is 10.2 Å². The largest absolute Gasteiger partial charge is 0.371 e. The van der Waals surface area contributed by atoms with E-state index in [0.717, 1.165) is 13.1 Å². The molecule has 1 atom stereocenters. The summed E-state index contributed by atoms with van der Waals surface area (Å²) in [6.45, 7) is 12.7. The Morgan fingerprint density at radius 3 is 2.68 bits per heavy atom. The zero-order valence-corrected chi connectivity index (χ0v) is 13.1. The van der Waals surface area contributed by atoms with Gasteiger partial charge in [-0.3, -0.25) is 0 Å². The molecule has 0 aliphatic carbocycles. The molecule has 1 unspecified atom stereocenters. The molecule has 1 aromatic carbocycles. The molecule has 19 heavy (non-hydrogen) atoms. The highest BCUT2D eigenvalue weighted by atomic mass is 15.1. The lowest BCUT2D eigenvalue weighted by Gasteiger charge is -2.45. The van der Waals surface area contributed by atoms with Crippen molar-refractivity contribution >= 4 is 5.69 Å². The Balaban J connectivity index is 2.18. The summed E-state index contributed by atoms with van der Waals surface area (Å²) in [5, 5.41) is 3.36. The highest BCUT2D eigenvalue weighted by Gasteiger charge is 2.35. The Morgan fingerprint density at radius 1 is 1.32 bits per heavy atom. The number of piperidine rings is 1. The Kier molecular flexibility index (Phi) is 4.19. The average Bonchev–Trinajstić information content (AvgIpc) is 2.33. The molecule has 106 valence electrons. The monoisotopic (exact) mass is 260 g/mol. The molecule has 0 bridgehead atoms. The minimum absolute atomic E-state index is 0.443. The Labute approximate surface area is 118 Å². The third-order valence-electron chi connectivity index (χ3n) is 4.72. The van der Waals surface area contributed by atoms with Crippen LogP contribution in [0.25, 0.3) is 0 Å². The SMILES string of the molecule is CNCC1CN(c2ccc(C)cc2C)CCC1(C)C. The number of rotatable bonds is 3. The van der Waals surface area contributed by atoms with Crippen LogP contribution in [-0.2, 0) is 0 Å². The molecule has 1 N–H and O–H groups in total. The zero-order chi connectivity index (χ0) is 14.0. The van der Waals surface area contributed by atoms with Gasteiger partial charge in [0.25, 0.3) is 0 Å². The minimum atomic E-state index is 0.443. The summed E-state index contributed by atoms with van der Waals surface area (Å²) in [4.78, 5) is 2.57. The van der Waals surface area contributed by atoms with Crippen LogP contribution in [0.1, 0.15) is 31.4 Å². The van der Waals surface area contributed by atoms with Crippen LogP contribution in [0.2, 0.25) is 0 Å². The number of aryl methyl sites for hydroxylation is 2. The summed E-state index contributed by atoms with van der Waals surface area (Å²) in [7, 11) is 2.06. The highest BCUT2D eigenvalue weighted by Crippen LogP contribution is 2.37. The maximum atomic E-state index is 3.36. The normalized spacial score (nSPS) is 22.6. The molecule has 1 fully saturated rings. The van der Waals surface area contributed by atoms with E-state index in [1.54, 1.807) is 0 Å². The Bertz CT molecular complexity index is 437. The zero-order valence-electron chi connectivity index (χ0n) is 13.1. The second-order valence-electron chi connectivity index (χ2n) is 6.73. The van der Waals surface area contributed by atoms with E-state index in [0.29, 0.717) is 11.3 Å². The predicted octanol–water partition coefficient (Wildman–Crippen LogP) is 3.38. The third-order valence-corrected chi connectivity index (χ3v) is 4.72. The first-order valence-electron chi connectivity index (χ1n) is 7.41. The van der Waals surface area contributed by atoms with Crippen molar-refractivity contribution in [3.8, 4) is 0 Å². The summed E-state index contributed by atoms with van der Waals surface area (Å²) in [6.07, 6.45) is 1.27. The summed E-state index contributed by atoms with van der Waals surface area (Å²) >= 11 is 0. The molecule has 0 aromatic heterocycles. The smallest absolute Gasteiger partial charge is 0.0396 e. The van der Waals surface area contributed by atoms with Crippen LogP contribution in [0.15, 0.2) is 18.2 Å². The van der Waals surface area contributed by atoms with E-state index in [4.69, 9.17) is 0 Å². The van der Waals surface area contributed by atoms with E-state index >= 15 is 0 Å². The first kappa shape index (κ1) is 14.4. The van der Waals surface area contributed by atoms with E-state index in [2.05, 4.69) is 63.2 Å². The second kappa shape index (κ2) is 5.54. The van der Waals surface area contributed by atoms with Crippen molar-refractivity contribution in [2.24, 2.45) is 11.3 Å². The van der Waals surface area contributed by atoms with E-state index in [1.165, 1.54) is 29.8 Å². The van der Waals surface area contributed by atoms with E-state index in [1.807, 2.05) is 0 Å². The number of hydrogen-bond acceptors (Lipinski definition) is 2. The molecule has 1 aromatic rings. The van der Waals surface area contributed by atoms with Gasteiger partial charge in [0.05, 0.1) is 0 Å². The van der Waals surface area contributed by atoms with Crippen molar-refractivity contribution in [3.63, 3.8) is 0 Å². The van der Waals surface area contributed by atoms with Crippen molar-refractivity contribution in [1.82, 2.24) is 5.32 Å². The van der Waals surface area contributed by atoms with Crippen molar-refractivity contribution in [2.75, 3.05) is 31.6 Å². The van der Waals surface area contributed by atoms with Crippen LogP contribution in [0.4, 0.5) is 5.69 Å². The highest BCUT2D eigenvalue weighted by molar-refractivity contribution is 5.54. The summed E-state index contributed by atoms with van der Waals surface area (Å²) in [5.41, 5.74) is 4.62. The van der Waals surface area contributed by atoms with Gasteiger partial charge in [-0.25, -0.2) is 0 Å². The fraction of sp³-hybridized carbons (Fsp3) is 0.647. The van der Waals surface area contributed by atoms with E-state index in [-0.39, 0.29) is 0 Å². The topological polar surface area (TPSA) is 15.3 Å². The van der Waals surface area contributed by atoms with Gasteiger partial charge in [0, 0.05) is 18.8 Å². The van der Waals surface area contributed by atoms with Gasteiger partial charge in [-0.2, -0.15) is 0 Å². The maximum Gasteiger partial charge on any atom is 0.0396 e. The first-order chi connectivity index (χ1) is 8.94. The summed E-state index contributed by atoms with van der Waals surface area (Å²) in [6, 6.07) is 6.82. The molecule has 0 amide bonds. The number of benzene rings is 1. The van der Waals surface area contributed by atoms with Gasteiger partial charge < -0.3 is 10.2 Å². The maximum absolute atomic E-state index is 3.36. The first-order valence-corrected chi connectivity index (χ1v) is 7.41. The average molecular weight is 260 g/mol. The molecule has 2 nitrogen and oxygen atoms in total. The molecular weight excluding hydrogens is 232 g/mol. The summed E-state index contributed by atoms with van der Waals surface area (Å²) < 4.78 is 0. The fourth-order valence-corrected chi connectivity index (χ4v) is 3.20. The fourth-order valence-electron chi connectivity index (χ4n) is 3.20. The molecule has 1 heterocycles. The molecular formula is C17H28N2. The Hall–Kier alpha value is -1.02. The van der Waals surface area contributed by atoms with Gasteiger partial charge >= 0.3 is 0 Å². The van der Waals surface area contributed by atoms with Gasteiger partial charge in [-0.15, -0.1) is 0 Å². The Morgan fingerprint density at radius 2 is 2.05 bits per heavy atom. The lowest BCUT2D eigenvalue weighted by molar-refractivity contribution is 0.169. The number of anilines is 1. The third kappa shape index (κ3) is 3.11. The molecule has 0 saturated carbocycles. The molecule has 0 radical (unpaired) electrons. The van der Waals surface area contributed by atoms with E-state index in [9.17, 15) is 0 Å². The van der Waals surface area contributed by atoms with E-state index < -0.39 is 0 Å².